The number of benzene rings is 5. The quantitative estimate of drug-likeness (QED) is 0.285. The molecule has 32 heavy (non-hydrogen) atoms. The summed E-state index contributed by atoms with van der Waals surface area (Å²) in [5, 5.41) is 7.22. The molecule has 7 rings (SSSR count). The van der Waals surface area contributed by atoms with Crippen LogP contribution in [0.5, 0.6) is 0 Å². The Morgan fingerprint density at radius 3 is 2.28 bits per heavy atom. The van der Waals surface area contributed by atoms with Crippen LogP contribution in [0.2, 0.25) is 0 Å². The number of rotatable bonds is 1. The standard InChI is InChI=1S/C28H19N2OP/c29-30-23-16-14-18-8-4-5-11-20(18)26(23)22-15-17-25-27(28(22)30)21-12-6-7-13-24(21)32(25,31)19-9-2-1-3-10-19/h1-17H,29H2. The highest BCUT2D eigenvalue weighted by Crippen LogP contribution is 2.54. The Hall–Kier alpha value is -3.81. The molecule has 0 aliphatic carbocycles. The van der Waals surface area contributed by atoms with Gasteiger partial charge in [-0.25, -0.2) is 0 Å². The van der Waals surface area contributed by atoms with Gasteiger partial charge in [0, 0.05) is 32.2 Å². The Labute approximate surface area is 185 Å². The summed E-state index contributed by atoms with van der Waals surface area (Å²) < 4.78 is 16.6. The summed E-state index contributed by atoms with van der Waals surface area (Å²) in [5.41, 5.74) is 3.92. The van der Waals surface area contributed by atoms with E-state index in [9.17, 15) is 4.57 Å². The highest BCUT2D eigenvalue weighted by atomic mass is 31.2. The predicted octanol–water partition coefficient (Wildman–Crippen LogP) is 5.28. The van der Waals surface area contributed by atoms with Gasteiger partial charge >= 0.3 is 0 Å². The van der Waals surface area contributed by atoms with Crippen LogP contribution in [0.25, 0.3) is 43.7 Å². The Kier molecular flexibility index (Phi) is 3.41. The van der Waals surface area contributed by atoms with E-state index in [0.717, 1.165) is 48.8 Å². The minimum Gasteiger partial charge on any atom is -0.339 e. The number of nitrogens with two attached hydrogens (primary N) is 1. The van der Waals surface area contributed by atoms with Gasteiger partial charge in [-0.2, -0.15) is 0 Å². The van der Waals surface area contributed by atoms with E-state index in [1.165, 1.54) is 10.8 Å². The zero-order valence-electron chi connectivity index (χ0n) is 17.2. The van der Waals surface area contributed by atoms with Gasteiger partial charge in [0.2, 0.25) is 0 Å². The summed E-state index contributed by atoms with van der Waals surface area (Å²) in [6.07, 6.45) is 0. The molecule has 5 aromatic carbocycles. The molecule has 2 heterocycles. The van der Waals surface area contributed by atoms with Gasteiger partial charge in [0.05, 0.1) is 11.0 Å². The van der Waals surface area contributed by atoms with Gasteiger partial charge in [0.25, 0.3) is 0 Å². The number of fused-ring (bicyclic) bond motifs is 9. The molecular formula is C28H19N2OP. The summed E-state index contributed by atoms with van der Waals surface area (Å²) in [6.45, 7) is 0. The van der Waals surface area contributed by atoms with Crippen LogP contribution in [0, 0.1) is 0 Å². The SMILES string of the molecule is Nn1c2ccc3ccccc3c2c2ccc3c(c21)-c1ccccc1P3(=O)c1ccccc1. The Morgan fingerprint density at radius 1 is 0.656 bits per heavy atom. The van der Waals surface area contributed by atoms with Crippen molar-refractivity contribution in [3.8, 4) is 11.1 Å². The summed E-state index contributed by atoms with van der Waals surface area (Å²) >= 11 is 0. The van der Waals surface area contributed by atoms with E-state index in [2.05, 4.69) is 54.6 Å². The van der Waals surface area contributed by atoms with Crippen molar-refractivity contribution in [2.45, 2.75) is 0 Å². The van der Waals surface area contributed by atoms with Gasteiger partial charge in [0.15, 0.2) is 7.14 Å². The molecule has 0 fully saturated rings. The molecule has 0 bridgehead atoms. The third-order valence-corrected chi connectivity index (χ3v) is 9.95. The summed E-state index contributed by atoms with van der Waals surface area (Å²) in [5.74, 6) is 6.75. The van der Waals surface area contributed by atoms with Crippen molar-refractivity contribution in [2.24, 2.45) is 0 Å². The van der Waals surface area contributed by atoms with Gasteiger partial charge in [-0.1, -0.05) is 91.0 Å². The molecule has 0 saturated carbocycles. The third kappa shape index (κ3) is 2.04. The van der Waals surface area contributed by atoms with Crippen LogP contribution >= 0.6 is 7.14 Å². The second kappa shape index (κ2) is 6.12. The normalized spacial score (nSPS) is 17.1. The second-order valence-corrected chi connectivity index (χ2v) is 11.1. The fourth-order valence-corrected chi connectivity index (χ4v) is 8.49. The number of hydrogen-bond acceptors (Lipinski definition) is 2. The van der Waals surface area contributed by atoms with Gasteiger partial charge in [0.1, 0.15) is 0 Å². The molecule has 1 atom stereocenters. The van der Waals surface area contributed by atoms with E-state index in [-0.39, 0.29) is 0 Å². The molecule has 0 spiro atoms. The zero-order valence-corrected chi connectivity index (χ0v) is 18.1. The fourth-order valence-electron chi connectivity index (χ4n) is 5.43. The monoisotopic (exact) mass is 430 g/mol. The van der Waals surface area contributed by atoms with E-state index in [0.29, 0.717) is 0 Å². The maximum atomic E-state index is 14.8. The first-order chi connectivity index (χ1) is 15.7. The molecule has 3 nitrogen and oxygen atoms in total. The van der Waals surface area contributed by atoms with E-state index in [1.807, 2.05) is 48.5 Å². The molecule has 1 aromatic heterocycles. The van der Waals surface area contributed by atoms with Crippen molar-refractivity contribution in [3.05, 3.63) is 103 Å². The van der Waals surface area contributed by atoms with Crippen molar-refractivity contribution in [1.29, 1.82) is 0 Å². The van der Waals surface area contributed by atoms with Gasteiger partial charge in [-0.05, 0) is 28.5 Å². The third-order valence-electron chi connectivity index (χ3n) is 6.80. The van der Waals surface area contributed by atoms with Crippen molar-refractivity contribution in [3.63, 3.8) is 0 Å². The van der Waals surface area contributed by atoms with E-state index >= 15 is 0 Å². The highest BCUT2D eigenvalue weighted by molar-refractivity contribution is 7.86. The average Bonchev–Trinajstić information content (AvgIpc) is 3.30. The molecule has 1 unspecified atom stereocenters. The Morgan fingerprint density at radius 2 is 1.41 bits per heavy atom. The number of hydrogen-bond donors (Lipinski definition) is 1. The van der Waals surface area contributed by atoms with Crippen LogP contribution in [0.1, 0.15) is 0 Å². The largest absolute Gasteiger partial charge is 0.339 e. The maximum Gasteiger partial charge on any atom is 0.172 e. The van der Waals surface area contributed by atoms with Crippen LogP contribution in [0.3, 0.4) is 0 Å². The minimum atomic E-state index is -2.99. The van der Waals surface area contributed by atoms with Gasteiger partial charge < -0.3 is 10.4 Å². The first-order valence-corrected chi connectivity index (χ1v) is 12.4. The lowest BCUT2D eigenvalue weighted by Crippen LogP contribution is -2.20. The lowest BCUT2D eigenvalue weighted by Gasteiger charge is -2.15. The van der Waals surface area contributed by atoms with Crippen LogP contribution in [-0.4, -0.2) is 4.68 Å². The van der Waals surface area contributed by atoms with E-state index in [1.54, 1.807) is 4.68 Å². The summed E-state index contributed by atoms with van der Waals surface area (Å²) in [6, 6.07) is 34.7. The molecule has 4 heteroatoms. The average molecular weight is 430 g/mol. The first-order valence-electron chi connectivity index (χ1n) is 10.7. The van der Waals surface area contributed by atoms with Crippen molar-refractivity contribution in [2.75, 3.05) is 5.84 Å². The molecule has 1 aliphatic rings. The Balaban J connectivity index is 1.70. The highest BCUT2D eigenvalue weighted by Gasteiger charge is 2.41. The van der Waals surface area contributed by atoms with Crippen molar-refractivity contribution < 1.29 is 4.57 Å². The molecule has 0 saturated heterocycles. The fraction of sp³-hybridized carbons (Fsp3) is 0. The molecule has 0 amide bonds. The summed E-state index contributed by atoms with van der Waals surface area (Å²) in [4.78, 5) is 0. The molecule has 2 N–H and O–H groups in total. The van der Waals surface area contributed by atoms with Crippen molar-refractivity contribution >= 4 is 55.6 Å². The Bertz CT molecular complexity index is 1770. The lowest BCUT2D eigenvalue weighted by molar-refractivity contribution is 0.593. The van der Waals surface area contributed by atoms with Crippen LogP contribution < -0.4 is 21.8 Å². The van der Waals surface area contributed by atoms with Gasteiger partial charge in [-0.15, -0.1) is 0 Å². The van der Waals surface area contributed by atoms with Crippen LogP contribution in [0.15, 0.2) is 103 Å². The second-order valence-electron chi connectivity index (χ2n) is 8.37. The van der Waals surface area contributed by atoms with Crippen molar-refractivity contribution in [1.82, 2.24) is 4.68 Å². The van der Waals surface area contributed by atoms with E-state index in [4.69, 9.17) is 5.84 Å². The van der Waals surface area contributed by atoms with Gasteiger partial charge in [-0.3, -0.25) is 4.68 Å². The molecule has 1 aliphatic heterocycles. The smallest absolute Gasteiger partial charge is 0.172 e. The maximum absolute atomic E-state index is 14.8. The molecule has 152 valence electrons. The predicted molar refractivity (Wildman–Crippen MR) is 135 cm³/mol. The van der Waals surface area contributed by atoms with E-state index < -0.39 is 7.14 Å². The topological polar surface area (TPSA) is 48.0 Å². The minimum absolute atomic E-state index is 0.857. The molecule has 0 radical (unpaired) electrons. The first kappa shape index (κ1) is 17.8. The lowest BCUT2D eigenvalue weighted by atomic mass is 10.00. The number of nitrogens with zero attached hydrogens (tertiary/aromatic N) is 1. The van der Waals surface area contributed by atoms with Crippen LogP contribution in [0.4, 0.5) is 0 Å². The van der Waals surface area contributed by atoms with Crippen LogP contribution in [-0.2, 0) is 4.57 Å². The summed E-state index contributed by atoms with van der Waals surface area (Å²) in [7, 11) is -2.99. The molecular weight excluding hydrogens is 411 g/mol. The number of nitrogen functional groups attached to an aromatic ring is 1. The number of aromatic nitrogens is 1. The zero-order chi connectivity index (χ0) is 21.4. The molecule has 6 aromatic rings.